The fourth-order valence-electron chi connectivity index (χ4n) is 3.01. The third-order valence-electron chi connectivity index (χ3n) is 4.40. The molecular weight excluding hydrogens is 315 g/mol. The largest absolute Gasteiger partial charge is 0.382 e. The van der Waals surface area contributed by atoms with Gasteiger partial charge in [-0.2, -0.15) is 0 Å². The number of aliphatic hydroxyl groups excluding tert-OH is 1. The van der Waals surface area contributed by atoms with Crippen molar-refractivity contribution in [1.29, 1.82) is 0 Å². The zero-order chi connectivity index (χ0) is 16.2. The first kappa shape index (κ1) is 16.2. The third kappa shape index (κ3) is 4.22. The molecule has 1 saturated heterocycles. The Labute approximate surface area is 140 Å². The summed E-state index contributed by atoms with van der Waals surface area (Å²) in [6.45, 7) is 4.44. The van der Waals surface area contributed by atoms with Gasteiger partial charge in [0.05, 0.1) is 26.2 Å². The van der Waals surface area contributed by atoms with Crippen LogP contribution < -0.4 is 9.80 Å². The van der Waals surface area contributed by atoms with Crippen LogP contribution in [0.4, 0.5) is 10.1 Å². The predicted molar refractivity (Wildman–Crippen MR) is 90.6 cm³/mol. The van der Waals surface area contributed by atoms with Gasteiger partial charge in [0.2, 0.25) is 0 Å². The number of anilines is 1. The molecule has 0 radical (unpaired) electrons. The summed E-state index contributed by atoms with van der Waals surface area (Å²) >= 11 is 5.88. The highest BCUT2D eigenvalue weighted by Gasteiger charge is 2.23. The molecule has 0 spiro atoms. The van der Waals surface area contributed by atoms with Gasteiger partial charge in [-0.25, -0.2) is 4.39 Å². The molecule has 1 aliphatic rings. The summed E-state index contributed by atoms with van der Waals surface area (Å²) in [5.74, 6) is -0.205. The van der Waals surface area contributed by atoms with Gasteiger partial charge in [0.1, 0.15) is 18.5 Å². The number of hydrogen-bond donors (Lipinski definition) is 2. The molecule has 1 aliphatic heterocycles. The Morgan fingerprint density at radius 2 is 1.65 bits per heavy atom. The molecule has 0 aliphatic carbocycles. The molecule has 122 valence electrons. The topological polar surface area (TPSA) is 27.9 Å². The second kappa shape index (κ2) is 7.30. The number of halogens is 2. The number of nitrogens with one attached hydrogen (secondary N) is 1. The van der Waals surface area contributed by atoms with Gasteiger partial charge < -0.3 is 14.9 Å². The normalized spacial score (nSPS) is 17.3. The van der Waals surface area contributed by atoms with E-state index in [1.165, 1.54) is 17.0 Å². The SMILES string of the molecule is O[C@H](C[NH+]1CCN(c2ccc(F)cc2)CC1)c1ccc(Cl)cc1. The molecular formula is C18H21ClFN2O+. The Morgan fingerprint density at radius 3 is 2.26 bits per heavy atom. The van der Waals surface area contributed by atoms with E-state index in [1.54, 1.807) is 0 Å². The van der Waals surface area contributed by atoms with Gasteiger partial charge in [0.25, 0.3) is 0 Å². The monoisotopic (exact) mass is 335 g/mol. The minimum absolute atomic E-state index is 0.205. The lowest BCUT2D eigenvalue weighted by atomic mass is 10.1. The number of hydrogen-bond acceptors (Lipinski definition) is 2. The van der Waals surface area contributed by atoms with E-state index < -0.39 is 6.10 Å². The summed E-state index contributed by atoms with van der Waals surface area (Å²) in [7, 11) is 0. The summed E-state index contributed by atoms with van der Waals surface area (Å²) in [6, 6.07) is 14.0. The van der Waals surface area contributed by atoms with Crippen LogP contribution in [0.1, 0.15) is 11.7 Å². The van der Waals surface area contributed by atoms with Crippen molar-refractivity contribution in [3.8, 4) is 0 Å². The van der Waals surface area contributed by atoms with E-state index in [4.69, 9.17) is 11.6 Å². The zero-order valence-electron chi connectivity index (χ0n) is 12.9. The summed E-state index contributed by atoms with van der Waals surface area (Å²) in [5.41, 5.74) is 1.96. The van der Waals surface area contributed by atoms with E-state index in [0.717, 1.165) is 37.4 Å². The van der Waals surface area contributed by atoms with E-state index in [9.17, 15) is 9.50 Å². The van der Waals surface area contributed by atoms with E-state index in [0.29, 0.717) is 11.6 Å². The predicted octanol–water partition coefficient (Wildman–Crippen LogP) is 1.92. The molecule has 2 aromatic rings. The summed E-state index contributed by atoms with van der Waals surface area (Å²) in [6.07, 6.45) is -0.473. The molecule has 0 saturated carbocycles. The molecule has 3 nitrogen and oxygen atoms in total. The van der Waals surface area contributed by atoms with Crippen molar-refractivity contribution in [2.24, 2.45) is 0 Å². The van der Waals surface area contributed by atoms with Crippen molar-refractivity contribution in [2.75, 3.05) is 37.6 Å². The van der Waals surface area contributed by atoms with Crippen LogP contribution in [0.15, 0.2) is 48.5 Å². The average Bonchev–Trinajstić information content (AvgIpc) is 2.57. The highest BCUT2D eigenvalue weighted by Crippen LogP contribution is 2.16. The van der Waals surface area contributed by atoms with Crippen molar-refractivity contribution in [2.45, 2.75) is 6.10 Å². The van der Waals surface area contributed by atoms with Crippen LogP contribution in [0.5, 0.6) is 0 Å². The number of aliphatic hydroxyl groups is 1. The van der Waals surface area contributed by atoms with Crippen LogP contribution in [0, 0.1) is 5.82 Å². The molecule has 2 aromatic carbocycles. The molecule has 5 heteroatoms. The Balaban J connectivity index is 1.52. The fraction of sp³-hybridized carbons (Fsp3) is 0.333. The molecule has 0 aromatic heterocycles. The quantitative estimate of drug-likeness (QED) is 0.893. The third-order valence-corrected chi connectivity index (χ3v) is 4.65. The van der Waals surface area contributed by atoms with Crippen LogP contribution in [0.2, 0.25) is 5.02 Å². The van der Waals surface area contributed by atoms with Crippen molar-refractivity contribution >= 4 is 17.3 Å². The Hall–Kier alpha value is -1.62. The molecule has 23 heavy (non-hydrogen) atoms. The van der Waals surface area contributed by atoms with Crippen molar-refractivity contribution in [3.63, 3.8) is 0 Å². The molecule has 2 N–H and O–H groups in total. The van der Waals surface area contributed by atoms with Crippen LogP contribution in [0.3, 0.4) is 0 Å². The van der Waals surface area contributed by atoms with E-state index in [1.807, 2.05) is 36.4 Å². The molecule has 0 bridgehead atoms. The Morgan fingerprint density at radius 1 is 1.04 bits per heavy atom. The first-order chi connectivity index (χ1) is 11.1. The van der Waals surface area contributed by atoms with Crippen molar-refractivity contribution in [1.82, 2.24) is 0 Å². The smallest absolute Gasteiger partial charge is 0.128 e. The minimum atomic E-state index is -0.473. The fourth-order valence-corrected chi connectivity index (χ4v) is 3.14. The van der Waals surface area contributed by atoms with Gasteiger partial charge in [-0.1, -0.05) is 23.7 Å². The number of nitrogens with zero attached hydrogens (tertiary/aromatic N) is 1. The maximum absolute atomic E-state index is 13.0. The van der Waals surface area contributed by atoms with Gasteiger partial charge >= 0.3 is 0 Å². The Bertz CT molecular complexity index is 624. The summed E-state index contributed by atoms with van der Waals surface area (Å²) in [4.78, 5) is 3.64. The molecule has 3 rings (SSSR count). The first-order valence-corrected chi connectivity index (χ1v) is 8.27. The number of quaternary nitrogens is 1. The number of piperazine rings is 1. The average molecular weight is 336 g/mol. The minimum Gasteiger partial charge on any atom is -0.382 e. The zero-order valence-corrected chi connectivity index (χ0v) is 13.6. The molecule has 1 fully saturated rings. The molecule has 0 unspecified atom stereocenters. The maximum atomic E-state index is 13.0. The summed E-state index contributed by atoms with van der Waals surface area (Å²) in [5, 5.41) is 11.0. The van der Waals surface area contributed by atoms with Gasteiger partial charge in [0, 0.05) is 10.7 Å². The second-order valence-electron chi connectivity index (χ2n) is 5.98. The van der Waals surface area contributed by atoms with Crippen LogP contribution in [-0.2, 0) is 0 Å². The maximum Gasteiger partial charge on any atom is 0.128 e. The first-order valence-electron chi connectivity index (χ1n) is 7.89. The van der Waals surface area contributed by atoms with Gasteiger partial charge in [-0.15, -0.1) is 0 Å². The van der Waals surface area contributed by atoms with Crippen molar-refractivity contribution < 1.29 is 14.4 Å². The van der Waals surface area contributed by atoms with E-state index in [2.05, 4.69) is 4.90 Å². The van der Waals surface area contributed by atoms with Crippen LogP contribution >= 0.6 is 11.6 Å². The molecule has 1 heterocycles. The lowest BCUT2D eigenvalue weighted by Crippen LogP contribution is -3.15. The van der Waals surface area contributed by atoms with Crippen LogP contribution in [-0.4, -0.2) is 37.8 Å². The van der Waals surface area contributed by atoms with E-state index in [-0.39, 0.29) is 5.82 Å². The Kier molecular flexibility index (Phi) is 5.16. The lowest BCUT2D eigenvalue weighted by molar-refractivity contribution is -0.904. The second-order valence-corrected chi connectivity index (χ2v) is 6.42. The molecule has 1 atom stereocenters. The van der Waals surface area contributed by atoms with Gasteiger partial charge in [0.15, 0.2) is 0 Å². The number of rotatable bonds is 4. The molecule has 0 amide bonds. The van der Waals surface area contributed by atoms with E-state index >= 15 is 0 Å². The highest BCUT2D eigenvalue weighted by atomic mass is 35.5. The van der Waals surface area contributed by atoms with Gasteiger partial charge in [-0.3, -0.25) is 0 Å². The number of benzene rings is 2. The van der Waals surface area contributed by atoms with Crippen LogP contribution in [0.25, 0.3) is 0 Å². The highest BCUT2D eigenvalue weighted by molar-refractivity contribution is 6.30. The van der Waals surface area contributed by atoms with Gasteiger partial charge in [-0.05, 0) is 42.0 Å². The summed E-state index contributed by atoms with van der Waals surface area (Å²) < 4.78 is 13.0. The van der Waals surface area contributed by atoms with Crippen molar-refractivity contribution in [3.05, 3.63) is 64.9 Å². The lowest BCUT2D eigenvalue weighted by Gasteiger charge is -2.34. The standard InChI is InChI=1S/C18H20ClFN2O/c19-15-3-1-14(2-4-15)18(23)13-21-9-11-22(12-10-21)17-7-5-16(20)6-8-17/h1-8,18,23H,9-13H2/p+1/t18-/m1/s1.